The van der Waals surface area contributed by atoms with E-state index in [-0.39, 0.29) is 6.10 Å². The number of benzene rings is 1. The lowest BCUT2D eigenvalue weighted by Gasteiger charge is -2.31. The van der Waals surface area contributed by atoms with Gasteiger partial charge in [-0.05, 0) is 43.9 Å². The molecular formula is C19H25N3O3S. The second-order valence-electron chi connectivity index (χ2n) is 6.58. The van der Waals surface area contributed by atoms with Gasteiger partial charge in [0.25, 0.3) is 0 Å². The van der Waals surface area contributed by atoms with Gasteiger partial charge in [-0.1, -0.05) is 25.5 Å². The molecule has 0 aliphatic carbocycles. The van der Waals surface area contributed by atoms with Crippen LogP contribution < -0.4 is 4.74 Å². The van der Waals surface area contributed by atoms with Crippen molar-refractivity contribution < 1.29 is 13.2 Å². The zero-order valence-corrected chi connectivity index (χ0v) is 16.1. The van der Waals surface area contributed by atoms with E-state index in [4.69, 9.17) is 4.74 Å². The van der Waals surface area contributed by atoms with Gasteiger partial charge in [0.15, 0.2) is 0 Å². The van der Waals surface area contributed by atoms with Crippen LogP contribution in [-0.2, 0) is 16.4 Å². The Morgan fingerprint density at radius 2 is 2.00 bits per heavy atom. The number of hydrogen-bond acceptors (Lipinski definition) is 5. The molecule has 1 aromatic carbocycles. The molecule has 1 aliphatic heterocycles. The summed E-state index contributed by atoms with van der Waals surface area (Å²) in [7, 11) is -3.51. The summed E-state index contributed by atoms with van der Waals surface area (Å²) in [5.74, 6) is 1.13. The van der Waals surface area contributed by atoms with E-state index in [2.05, 4.69) is 16.9 Å². The van der Waals surface area contributed by atoms with Crippen LogP contribution >= 0.6 is 0 Å². The highest BCUT2D eigenvalue weighted by atomic mass is 32.2. The highest BCUT2D eigenvalue weighted by Crippen LogP contribution is 2.23. The van der Waals surface area contributed by atoms with Crippen molar-refractivity contribution in [1.82, 2.24) is 14.3 Å². The zero-order chi connectivity index (χ0) is 18.6. The summed E-state index contributed by atoms with van der Waals surface area (Å²) in [5.41, 5.74) is 1.16. The molecule has 0 N–H and O–H groups in total. The first-order chi connectivity index (χ1) is 12.5. The summed E-state index contributed by atoms with van der Waals surface area (Å²) in [4.78, 5) is 8.63. The Balaban J connectivity index is 1.71. The van der Waals surface area contributed by atoms with Crippen LogP contribution in [0.25, 0.3) is 0 Å². The normalized spacial score (nSPS) is 18.6. The third kappa shape index (κ3) is 4.40. The Hall–Kier alpha value is -1.99. The Labute approximate surface area is 155 Å². The van der Waals surface area contributed by atoms with Crippen LogP contribution in [0, 0.1) is 6.92 Å². The number of piperidine rings is 1. The molecule has 3 rings (SSSR count). The van der Waals surface area contributed by atoms with Crippen molar-refractivity contribution in [3.05, 3.63) is 47.9 Å². The topological polar surface area (TPSA) is 72.4 Å². The maximum atomic E-state index is 13.0. The third-order valence-corrected chi connectivity index (χ3v) is 6.36. The van der Waals surface area contributed by atoms with Crippen molar-refractivity contribution in [3.8, 4) is 5.88 Å². The van der Waals surface area contributed by atoms with Crippen molar-refractivity contribution in [2.24, 2.45) is 0 Å². The molecule has 0 radical (unpaired) electrons. The Kier molecular flexibility index (Phi) is 5.88. The molecule has 1 saturated heterocycles. The first kappa shape index (κ1) is 18.8. The standard InChI is InChI=1S/C19H25N3O3S/c1-3-5-16-7-9-18(10-8-16)26(23,24)22-13-4-6-17(14-22)25-19-11-12-20-15(2)21-19/h7-12,17H,3-6,13-14H2,1-2H3. The number of aromatic nitrogens is 2. The van der Waals surface area contributed by atoms with Gasteiger partial charge < -0.3 is 4.74 Å². The number of sulfonamides is 1. The van der Waals surface area contributed by atoms with Crippen LogP contribution in [0.2, 0.25) is 0 Å². The number of rotatable bonds is 6. The molecule has 6 nitrogen and oxygen atoms in total. The van der Waals surface area contributed by atoms with Crippen molar-refractivity contribution >= 4 is 10.0 Å². The summed E-state index contributed by atoms with van der Waals surface area (Å²) in [5, 5.41) is 0. The fourth-order valence-electron chi connectivity index (χ4n) is 3.16. The second kappa shape index (κ2) is 8.14. The first-order valence-electron chi connectivity index (χ1n) is 9.04. The lowest BCUT2D eigenvalue weighted by atomic mass is 10.1. The van der Waals surface area contributed by atoms with Crippen LogP contribution in [0.5, 0.6) is 5.88 Å². The van der Waals surface area contributed by atoms with Gasteiger partial charge in [-0.2, -0.15) is 9.29 Å². The molecule has 0 bridgehead atoms. The fourth-order valence-corrected chi connectivity index (χ4v) is 4.67. The van der Waals surface area contributed by atoms with E-state index < -0.39 is 10.0 Å². The summed E-state index contributed by atoms with van der Waals surface area (Å²) in [6.45, 7) is 4.76. The Morgan fingerprint density at radius 3 is 2.69 bits per heavy atom. The van der Waals surface area contributed by atoms with Crippen molar-refractivity contribution in [2.45, 2.75) is 50.5 Å². The average Bonchev–Trinajstić information content (AvgIpc) is 2.63. The maximum absolute atomic E-state index is 13.0. The zero-order valence-electron chi connectivity index (χ0n) is 15.3. The van der Waals surface area contributed by atoms with Gasteiger partial charge in [0, 0.05) is 18.8 Å². The van der Waals surface area contributed by atoms with Crippen LogP contribution in [0.1, 0.15) is 37.6 Å². The molecule has 26 heavy (non-hydrogen) atoms. The number of hydrogen-bond donors (Lipinski definition) is 0. The minimum absolute atomic E-state index is 0.202. The lowest BCUT2D eigenvalue weighted by molar-refractivity contribution is 0.124. The third-order valence-electron chi connectivity index (χ3n) is 4.48. The molecular weight excluding hydrogens is 350 g/mol. The number of nitrogens with zero attached hydrogens (tertiary/aromatic N) is 3. The Morgan fingerprint density at radius 1 is 1.23 bits per heavy atom. The van der Waals surface area contributed by atoms with Gasteiger partial charge in [-0.25, -0.2) is 13.4 Å². The van der Waals surface area contributed by atoms with Crippen LogP contribution in [0.4, 0.5) is 0 Å². The molecule has 0 amide bonds. The predicted octanol–water partition coefficient (Wildman–Crippen LogP) is 2.97. The fraction of sp³-hybridized carbons (Fsp3) is 0.474. The molecule has 0 spiro atoms. The van der Waals surface area contributed by atoms with Gasteiger partial charge in [0.05, 0.1) is 11.4 Å². The van der Waals surface area contributed by atoms with Crippen molar-refractivity contribution in [1.29, 1.82) is 0 Å². The highest BCUT2D eigenvalue weighted by Gasteiger charge is 2.31. The van der Waals surface area contributed by atoms with Crippen LogP contribution in [0.3, 0.4) is 0 Å². The van der Waals surface area contributed by atoms with E-state index in [0.717, 1.165) is 31.2 Å². The lowest BCUT2D eigenvalue weighted by Crippen LogP contribution is -2.44. The van der Waals surface area contributed by atoms with Gasteiger partial charge in [0.2, 0.25) is 15.9 Å². The van der Waals surface area contributed by atoms with Crippen molar-refractivity contribution in [3.63, 3.8) is 0 Å². The summed E-state index contributed by atoms with van der Waals surface area (Å²) < 4.78 is 33.3. The van der Waals surface area contributed by atoms with E-state index >= 15 is 0 Å². The molecule has 1 aromatic heterocycles. The largest absolute Gasteiger partial charge is 0.473 e. The van der Waals surface area contributed by atoms with Gasteiger partial charge in [0.1, 0.15) is 11.9 Å². The van der Waals surface area contributed by atoms with E-state index in [9.17, 15) is 8.42 Å². The number of aryl methyl sites for hydroxylation is 2. The predicted molar refractivity (Wildman–Crippen MR) is 99.6 cm³/mol. The smallest absolute Gasteiger partial charge is 0.243 e. The minimum Gasteiger partial charge on any atom is -0.473 e. The van der Waals surface area contributed by atoms with E-state index in [0.29, 0.717) is 29.7 Å². The molecule has 0 saturated carbocycles. The molecule has 1 fully saturated rings. The molecule has 7 heteroatoms. The molecule has 2 heterocycles. The summed E-state index contributed by atoms with van der Waals surface area (Å²) in [6.07, 6.45) is 5.02. The van der Waals surface area contributed by atoms with Crippen LogP contribution in [0.15, 0.2) is 41.4 Å². The molecule has 1 unspecified atom stereocenters. The molecule has 1 atom stereocenters. The summed E-state index contributed by atoms with van der Waals surface area (Å²) >= 11 is 0. The monoisotopic (exact) mass is 375 g/mol. The van der Waals surface area contributed by atoms with Crippen LogP contribution in [-0.4, -0.2) is 41.9 Å². The summed E-state index contributed by atoms with van der Waals surface area (Å²) in [6, 6.07) is 8.92. The Bertz CT molecular complexity index is 837. The van der Waals surface area contributed by atoms with Gasteiger partial charge >= 0.3 is 0 Å². The average molecular weight is 375 g/mol. The second-order valence-corrected chi connectivity index (χ2v) is 8.52. The number of ether oxygens (including phenoxy) is 1. The van der Waals surface area contributed by atoms with E-state index in [1.807, 2.05) is 12.1 Å². The van der Waals surface area contributed by atoms with E-state index in [1.54, 1.807) is 31.3 Å². The maximum Gasteiger partial charge on any atom is 0.243 e. The first-order valence-corrected chi connectivity index (χ1v) is 10.5. The molecule has 2 aromatic rings. The molecule has 140 valence electrons. The van der Waals surface area contributed by atoms with Gasteiger partial charge in [-0.3, -0.25) is 0 Å². The quantitative estimate of drug-likeness (QED) is 0.776. The van der Waals surface area contributed by atoms with E-state index in [1.165, 1.54) is 4.31 Å². The highest BCUT2D eigenvalue weighted by molar-refractivity contribution is 7.89. The van der Waals surface area contributed by atoms with Gasteiger partial charge in [-0.15, -0.1) is 0 Å². The van der Waals surface area contributed by atoms with Crippen molar-refractivity contribution in [2.75, 3.05) is 13.1 Å². The SMILES string of the molecule is CCCc1ccc(S(=O)(=O)N2CCCC(Oc3ccnc(C)n3)C2)cc1. The minimum atomic E-state index is -3.51. The molecule has 1 aliphatic rings.